The van der Waals surface area contributed by atoms with E-state index in [4.69, 9.17) is 5.73 Å². The first-order valence-corrected chi connectivity index (χ1v) is 6.67. The van der Waals surface area contributed by atoms with Crippen molar-refractivity contribution in [2.45, 2.75) is 58.3 Å². The van der Waals surface area contributed by atoms with Crippen molar-refractivity contribution in [3.63, 3.8) is 0 Å². The van der Waals surface area contributed by atoms with Gasteiger partial charge in [-0.15, -0.1) is 0 Å². The lowest BCUT2D eigenvalue weighted by Gasteiger charge is -2.38. The van der Waals surface area contributed by atoms with Gasteiger partial charge in [0.05, 0.1) is 12.0 Å². The smallest absolute Gasteiger partial charge is 0.0950 e. The average molecular weight is 236 g/mol. The summed E-state index contributed by atoms with van der Waals surface area (Å²) in [7, 11) is 0. The molecule has 4 heteroatoms. The number of hydrogen-bond donors (Lipinski definition) is 1. The minimum absolute atomic E-state index is 0.673. The molecule has 2 atom stereocenters. The zero-order valence-corrected chi connectivity index (χ0v) is 11.0. The van der Waals surface area contributed by atoms with E-state index in [-0.39, 0.29) is 0 Å². The number of aromatic nitrogens is 2. The summed E-state index contributed by atoms with van der Waals surface area (Å²) in [6, 6.07) is 1.36. The fourth-order valence-corrected chi connectivity index (χ4v) is 2.73. The van der Waals surface area contributed by atoms with Gasteiger partial charge < -0.3 is 10.3 Å². The second-order valence-electron chi connectivity index (χ2n) is 5.19. The normalized spacial score (nSPS) is 26.3. The second-order valence-corrected chi connectivity index (χ2v) is 5.19. The highest BCUT2D eigenvalue weighted by molar-refractivity contribution is 4.98. The van der Waals surface area contributed by atoms with Gasteiger partial charge in [-0.05, 0) is 26.7 Å². The van der Waals surface area contributed by atoms with Gasteiger partial charge in [0, 0.05) is 37.9 Å². The zero-order valence-electron chi connectivity index (χ0n) is 11.0. The van der Waals surface area contributed by atoms with E-state index in [2.05, 4.69) is 34.5 Å². The minimum Gasteiger partial charge on any atom is -0.336 e. The largest absolute Gasteiger partial charge is 0.336 e. The third-order valence-corrected chi connectivity index (χ3v) is 3.79. The molecule has 0 radical (unpaired) electrons. The number of likely N-dealkylation sites (tertiary alicyclic amines) is 1. The van der Waals surface area contributed by atoms with Crippen molar-refractivity contribution in [3.8, 4) is 0 Å². The molecule has 96 valence electrons. The van der Waals surface area contributed by atoms with E-state index in [1.807, 2.05) is 6.33 Å². The molecule has 1 aromatic heterocycles. The van der Waals surface area contributed by atoms with E-state index < -0.39 is 0 Å². The molecule has 1 fully saturated rings. The van der Waals surface area contributed by atoms with Gasteiger partial charge in [-0.25, -0.2) is 4.98 Å². The molecule has 1 saturated heterocycles. The second kappa shape index (κ2) is 5.65. The summed E-state index contributed by atoms with van der Waals surface area (Å²) in [5.41, 5.74) is 6.70. The van der Waals surface area contributed by atoms with Crippen molar-refractivity contribution in [1.82, 2.24) is 14.5 Å². The van der Waals surface area contributed by atoms with Crippen LogP contribution < -0.4 is 5.73 Å². The van der Waals surface area contributed by atoms with Crippen molar-refractivity contribution >= 4 is 0 Å². The number of hydrogen-bond acceptors (Lipinski definition) is 3. The molecule has 2 heterocycles. The Bertz CT molecular complexity index is 337. The van der Waals surface area contributed by atoms with Gasteiger partial charge in [0.1, 0.15) is 0 Å². The third-order valence-electron chi connectivity index (χ3n) is 3.79. The average Bonchev–Trinajstić information content (AvgIpc) is 2.72. The van der Waals surface area contributed by atoms with Crippen molar-refractivity contribution in [3.05, 3.63) is 18.2 Å². The lowest BCUT2D eigenvalue weighted by atomic mass is 9.97. The Morgan fingerprint density at radius 2 is 2.06 bits per heavy atom. The number of imidazole rings is 1. The van der Waals surface area contributed by atoms with Gasteiger partial charge in [-0.2, -0.15) is 0 Å². The molecule has 0 saturated carbocycles. The van der Waals surface area contributed by atoms with E-state index >= 15 is 0 Å². The molecule has 2 N–H and O–H groups in total. The maximum Gasteiger partial charge on any atom is 0.0950 e. The first-order chi connectivity index (χ1) is 8.20. The Morgan fingerprint density at radius 1 is 1.35 bits per heavy atom. The first kappa shape index (κ1) is 12.6. The summed E-state index contributed by atoms with van der Waals surface area (Å²) >= 11 is 0. The Hall–Kier alpha value is -0.870. The highest BCUT2D eigenvalue weighted by Crippen LogP contribution is 2.23. The lowest BCUT2D eigenvalue weighted by Crippen LogP contribution is -2.43. The highest BCUT2D eigenvalue weighted by atomic mass is 15.2. The van der Waals surface area contributed by atoms with Gasteiger partial charge in [0.2, 0.25) is 0 Å². The summed E-state index contributed by atoms with van der Waals surface area (Å²) in [4.78, 5) is 7.03. The zero-order chi connectivity index (χ0) is 12.3. The Kier molecular flexibility index (Phi) is 4.18. The van der Waals surface area contributed by atoms with Crippen LogP contribution in [0.1, 0.15) is 38.8 Å². The van der Waals surface area contributed by atoms with Crippen LogP contribution in [0.3, 0.4) is 0 Å². The summed E-state index contributed by atoms with van der Waals surface area (Å²) < 4.78 is 2.08. The van der Waals surface area contributed by atoms with Crippen LogP contribution in [-0.4, -0.2) is 33.1 Å². The molecular formula is C13H24N4. The molecule has 17 heavy (non-hydrogen) atoms. The number of nitrogens with zero attached hydrogens (tertiary/aromatic N) is 3. The first-order valence-electron chi connectivity index (χ1n) is 6.67. The van der Waals surface area contributed by atoms with Crippen molar-refractivity contribution in [2.24, 2.45) is 5.73 Å². The number of nitrogens with two attached hydrogens (primary N) is 1. The van der Waals surface area contributed by atoms with Crippen LogP contribution >= 0.6 is 0 Å². The molecule has 1 aromatic rings. The fraction of sp³-hybridized carbons (Fsp3) is 0.769. The van der Waals surface area contributed by atoms with Crippen LogP contribution in [0.2, 0.25) is 0 Å². The van der Waals surface area contributed by atoms with E-state index in [1.165, 1.54) is 25.0 Å². The Balaban J connectivity index is 1.98. The van der Waals surface area contributed by atoms with Gasteiger partial charge in [0.15, 0.2) is 0 Å². The SMILES string of the molecule is CC1CCCC(C)N1Cc1cn(CCN)cn1. The van der Waals surface area contributed by atoms with Gasteiger partial charge >= 0.3 is 0 Å². The molecule has 2 rings (SSSR count). The lowest BCUT2D eigenvalue weighted by molar-refractivity contribution is 0.0939. The highest BCUT2D eigenvalue weighted by Gasteiger charge is 2.24. The minimum atomic E-state index is 0.673. The molecule has 1 aliphatic heterocycles. The predicted molar refractivity (Wildman–Crippen MR) is 69.6 cm³/mol. The maximum atomic E-state index is 5.54. The van der Waals surface area contributed by atoms with Crippen molar-refractivity contribution in [1.29, 1.82) is 0 Å². The van der Waals surface area contributed by atoms with E-state index in [9.17, 15) is 0 Å². The summed E-state index contributed by atoms with van der Waals surface area (Å²) in [5.74, 6) is 0. The summed E-state index contributed by atoms with van der Waals surface area (Å²) in [6.45, 7) is 7.16. The molecule has 0 aromatic carbocycles. The van der Waals surface area contributed by atoms with Crippen LogP contribution in [0, 0.1) is 0 Å². The van der Waals surface area contributed by atoms with Gasteiger partial charge in [-0.1, -0.05) is 6.42 Å². The Morgan fingerprint density at radius 3 is 2.71 bits per heavy atom. The monoisotopic (exact) mass is 236 g/mol. The molecule has 0 bridgehead atoms. The third kappa shape index (κ3) is 3.07. The van der Waals surface area contributed by atoms with E-state index in [1.54, 1.807) is 0 Å². The number of rotatable bonds is 4. The van der Waals surface area contributed by atoms with E-state index in [0.29, 0.717) is 18.6 Å². The molecule has 0 spiro atoms. The summed E-state index contributed by atoms with van der Waals surface area (Å²) in [6.07, 6.45) is 8.00. The summed E-state index contributed by atoms with van der Waals surface area (Å²) in [5, 5.41) is 0. The van der Waals surface area contributed by atoms with E-state index in [0.717, 1.165) is 13.1 Å². The van der Waals surface area contributed by atoms with Crippen molar-refractivity contribution < 1.29 is 0 Å². The molecule has 0 aliphatic carbocycles. The van der Waals surface area contributed by atoms with Crippen LogP contribution in [-0.2, 0) is 13.1 Å². The molecule has 0 amide bonds. The molecular weight excluding hydrogens is 212 g/mol. The quantitative estimate of drug-likeness (QED) is 0.864. The topological polar surface area (TPSA) is 47.1 Å². The van der Waals surface area contributed by atoms with Crippen molar-refractivity contribution in [2.75, 3.05) is 6.54 Å². The standard InChI is InChI=1S/C13H24N4/c1-11-4-3-5-12(2)17(11)9-13-8-16(7-6-14)10-15-13/h8,10-12H,3-7,9,14H2,1-2H3. The van der Waals surface area contributed by atoms with Crippen LogP contribution in [0.5, 0.6) is 0 Å². The molecule has 4 nitrogen and oxygen atoms in total. The van der Waals surface area contributed by atoms with Crippen LogP contribution in [0.4, 0.5) is 0 Å². The van der Waals surface area contributed by atoms with Gasteiger partial charge in [0.25, 0.3) is 0 Å². The fourth-order valence-electron chi connectivity index (χ4n) is 2.73. The molecule has 2 unspecified atom stereocenters. The Labute approximate surface area is 104 Å². The molecule has 1 aliphatic rings. The van der Waals surface area contributed by atoms with Gasteiger partial charge in [-0.3, -0.25) is 4.90 Å². The maximum absolute atomic E-state index is 5.54. The van der Waals surface area contributed by atoms with Crippen LogP contribution in [0.25, 0.3) is 0 Å². The van der Waals surface area contributed by atoms with Crippen LogP contribution in [0.15, 0.2) is 12.5 Å². The predicted octanol–water partition coefficient (Wildman–Crippen LogP) is 1.60. The number of piperidine rings is 1.